The molecule has 0 heterocycles. The zero-order valence-electron chi connectivity index (χ0n) is 8.05. The van der Waals surface area contributed by atoms with E-state index in [1.54, 1.807) is 6.07 Å². The SMILES string of the molecule is N#Cc1ccc(S(=O)(=O)Cl)c([N+](=O)[O-])c1CCl. The van der Waals surface area contributed by atoms with Crippen molar-refractivity contribution < 1.29 is 13.3 Å². The Bertz CT molecular complexity index is 621. The van der Waals surface area contributed by atoms with Crippen molar-refractivity contribution in [3.05, 3.63) is 33.4 Å². The number of rotatable bonds is 3. The second-order valence-electron chi connectivity index (χ2n) is 2.88. The second kappa shape index (κ2) is 4.87. The van der Waals surface area contributed by atoms with E-state index in [9.17, 15) is 18.5 Å². The van der Waals surface area contributed by atoms with Gasteiger partial charge in [-0.25, -0.2) is 8.42 Å². The maximum Gasteiger partial charge on any atom is 0.294 e. The number of nitrogens with zero attached hydrogens (tertiary/aromatic N) is 2. The van der Waals surface area contributed by atoms with Gasteiger partial charge in [0.1, 0.15) is 0 Å². The van der Waals surface area contributed by atoms with Crippen molar-refractivity contribution in [3.8, 4) is 6.07 Å². The fourth-order valence-electron chi connectivity index (χ4n) is 1.25. The summed E-state index contributed by atoms with van der Waals surface area (Å²) in [7, 11) is 0.800. The summed E-state index contributed by atoms with van der Waals surface area (Å²) in [5.74, 6) is -0.362. The summed E-state index contributed by atoms with van der Waals surface area (Å²) < 4.78 is 22.3. The molecule has 0 amide bonds. The van der Waals surface area contributed by atoms with Crippen molar-refractivity contribution in [2.45, 2.75) is 10.8 Å². The van der Waals surface area contributed by atoms with Crippen LogP contribution in [0.1, 0.15) is 11.1 Å². The Morgan fingerprint density at radius 3 is 2.41 bits per heavy atom. The van der Waals surface area contributed by atoms with Crippen molar-refractivity contribution in [2.75, 3.05) is 0 Å². The van der Waals surface area contributed by atoms with E-state index in [0.29, 0.717) is 0 Å². The first-order valence-electron chi connectivity index (χ1n) is 4.04. The summed E-state index contributed by atoms with van der Waals surface area (Å²) in [5.41, 5.74) is -0.981. The molecule has 0 fully saturated rings. The van der Waals surface area contributed by atoms with Crippen LogP contribution < -0.4 is 0 Å². The van der Waals surface area contributed by atoms with Crippen LogP contribution in [0.25, 0.3) is 0 Å². The second-order valence-corrected chi connectivity index (χ2v) is 5.68. The van der Waals surface area contributed by atoms with Crippen LogP contribution in [-0.2, 0) is 14.9 Å². The van der Waals surface area contributed by atoms with Gasteiger partial charge in [0.05, 0.1) is 28.0 Å². The van der Waals surface area contributed by atoms with Gasteiger partial charge in [-0.05, 0) is 12.1 Å². The Morgan fingerprint density at radius 1 is 1.47 bits per heavy atom. The van der Waals surface area contributed by atoms with Gasteiger partial charge in [-0.1, -0.05) is 0 Å². The molecule has 9 heteroatoms. The largest absolute Gasteiger partial charge is 0.294 e. The smallest absolute Gasteiger partial charge is 0.258 e. The normalized spacial score (nSPS) is 10.9. The van der Waals surface area contributed by atoms with E-state index in [-0.39, 0.29) is 17.0 Å². The number of halogens is 2. The average molecular weight is 295 g/mol. The molecule has 1 rings (SSSR count). The van der Waals surface area contributed by atoms with Crippen molar-refractivity contribution in [3.63, 3.8) is 0 Å². The Kier molecular flexibility index (Phi) is 3.93. The summed E-state index contributed by atoms with van der Waals surface area (Å²) in [6.45, 7) is 0. The monoisotopic (exact) mass is 294 g/mol. The molecule has 90 valence electrons. The molecule has 0 spiro atoms. The zero-order valence-corrected chi connectivity index (χ0v) is 10.4. The van der Waals surface area contributed by atoms with E-state index in [1.807, 2.05) is 0 Å². The molecule has 0 aromatic heterocycles. The van der Waals surface area contributed by atoms with Gasteiger partial charge in [0, 0.05) is 10.7 Å². The van der Waals surface area contributed by atoms with Crippen molar-refractivity contribution in [1.82, 2.24) is 0 Å². The highest BCUT2D eigenvalue weighted by molar-refractivity contribution is 8.13. The van der Waals surface area contributed by atoms with Crippen molar-refractivity contribution >= 4 is 37.0 Å². The maximum atomic E-state index is 11.2. The molecule has 1 aromatic rings. The summed E-state index contributed by atoms with van der Waals surface area (Å²) in [6.07, 6.45) is 0. The Morgan fingerprint density at radius 2 is 2.06 bits per heavy atom. The van der Waals surface area contributed by atoms with Crippen LogP contribution in [0, 0.1) is 21.4 Å². The van der Waals surface area contributed by atoms with Gasteiger partial charge < -0.3 is 0 Å². The lowest BCUT2D eigenvalue weighted by atomic mass is 10.1. The van der Waals surface area contributed by atoms with E-state index in [4.69, 9.17) is 27.5 Å². The number of alkyl halides is 1. The van der Waals surface area contributed by atoms with Crippen LogP contribution in [-0.4, -0.2) is 13.3 Å². The van der Waals surface area contributed by atoms with Crippen molar-refractivity contribution in [2.24, 2.45) is 0 Å². The molecule has 0 atom stereocenters. The van der Waals surface area contributed by atoms with E-state index < -0.39 is 24.6 Å². The Labute approximate surface area is 106 Å². The van der Waals surface area contributed by atoms with Crippen LogP contribution >= 0.6 is 22.3 Å². The predicted octanol–water partition coefficient (Wildman–Crippen LogP) is 2.13. The van der Waals surface area contributed by atoms with Crippen LogP contribution in [0.3, 0.4) is 0 Å². The lowest BCUT2D eigenvalue weighted by Crippen LogP contribution is -2.04. The molecule has 0 radical (unpaired) electrons. The highest BCUT2D eigenvalue weighted by atomic mass is 35.7. The molecule has 0 N–H and O–H groups in total. The topological polar surface area (TPSA) is 101 Å². The van der Waals surface area contributed by atoms with Gasteiger partial charge in [0.25, 0.3) is 14.7 Å². The highest BCUT2D eigenvalue weighted by Crippen LogP contribution is 2.33. The molecule has 17 heavy (non-hydrogen) atoms. The fraction of sp³-hybridized carbons (Fsp3) is 0.125. The summed E-state index contributed by atoms with van der Waals surface area (Å²) in [5, 5.41) is 19.6. The molecule has 0 saturated heterocycles. The van der Waals surface area contributed by atoms with E-state index >= 15 is 0 Å². The molecule has 0 unspecified atom stereocenters. The minimum absolute atomic E-state index is 0.0595. The third-order valence-corrected chi connectivity index (χ3v) is 3.57. The predicted molar refractivity (Wildman–Crippen MR) is 60.4 cm³/mol. The first-order chi connectivity index (χ1) is 7.82. The molecular formula is C8H4Cl2N2O4S. The Balaban J connectivity index is 3.80. The van der Waals surface area contributed by atoms with Crippen molar-refractivity contribution in [1.29, 1.82) is 5.26 Å². The van der Waals surface area contributed by atoms with Gasteiger partial charge in [-0.3, -0.25) is 10.1 Å². The summed E-state index contributed by atoms with van der Waals surface area (Å²) in [4.78, 5) is 9.24. The van der Waals surface area contributed by atoms with Gasteiger partial charge in [-0.2, -0.15) is 5.26 Å². The maximum absolute atomic E-state index is 11.2. The number of hydrogen-bond acceptors (Lipinski definition) is 5. The third kappa shape index (κ3) is 2.66. The average Bonchev–Trinajstić information content (AvgIpc) is 2.25. The van der Waals surface area contributed by atoms with Crippen LogP contribution in [0.4, 0.5) is 5.69 Å². The lowest BCUT2D eigenvalue weighted by Gasteiger charge is -2.05. The van der Waals surface area contributed by atoms with Crippen LogP contribution in [0.2, 0.25) is 0 Å². The van der Waals surface area contributed by atoms with E-state index in [0.717, 1.165) is 12.1 Å². The number of hydrogen-bond donors (Lipinski definition) is 0. The minimum atomic E-state index is -4.27. The highest BCUT2D eigenvalue weighted by Gasteiger charge is 2.29. The van der Waals surface area contributed by atoms with Gasteiger partial charge >= 0.3 is 0 Å². The molecule has 0 aliphatic carbocycles. The molecule has 0 aliphatic heterocycles. The fourth-order valence-corrected chi connectivity index (χ4v) is 2.56. The summed E-state index contributed by atoms with van der Waals surface area (Å²) >= 11 is 5.49. The lowest BCUT2D eigenvalue weighted by molar-refractivity contribution is -0.388. The number of nitro benzene ring substituents is 1. The molecule has 1 aromatic carbocycles. The minimum Gasteiger partial charge on any atom is -0.258 e. The number of benzene rings is 1. The Hall–Kier alpha value is -1.36. The number of nitriles is 1. The zero-order chi connectivity index (χ0) is 13.2. The molecular weight excluding hydrogens is 291 g/mol. The van der Waals surface area contributed by atoms with Crippen LogP contribution in [0.5, 0.6) is 0 Å². The first kappa shape index (κ1) is 13.7. The quantitative estimate of drug-likeness (QED) is 0.368. The first-order valence-corrected chi connectivity index (χ1v) is 6.88. The molecule has 0 aliphatic rings. The van der Waals surface area contributed by atoms with Gasteiger partial charge in [0.15, 0.2) is 4.90 Å². The third-order valence-electron chi connectivity index (χ3n) is 1.95. The van der Waals surface area contributed by atoms with Gasteiger partial charge in [0.2, 0.25) is 0 Å². The molecule has 0 saturated carbocycles. The van der Waals surface area contributed by atoms with E-state index in [1.165, 1.54) is 0 Å². The molecule has 6 nitrogen and oxygen atoms in total. The van der Waals surface area contributed by atoms with Gasteiger partial charge in [-0.15, -0.1) is 11.6 Å². The van der Waals surface area contributed by atoms with E-state index in [2.05, 4.69) is 0 Å². The van der Waals surface area contributed by atoms with Crippen LogP contribution in [0.15, 0.2) is 17.0 Å². The summed E-state index contributed by atoms with van der Waals surface area (Å²) in [6, 6.07) is 3.73. The number of nitro groups is 1. The standard InChI is InChI=1S/C8H4Cl2N2O4S/c9-3-6-5(4-11)1-2-7(17(10,15)16)8(6)12(13)14/h1-2H,3H2. The molecule has 0 bridgehead atoms.